The fourth-order valence-corrected chi connectivity index (χ4v) is 2.19. The zero-order chi connectivity index (χ0) is 12.5. The van der Waals surface area contributed by atoms with Crippen LogP contribution in [0.3, 0.4) is 0 Å². The summed E-state index contributed by atoms with van der Waals surface area (Å²) in [5.41, 5.74) is 2.27. The van der Waals surface area contributed by atoms with E-state index in [1.54, 1.807) is 0 Å². The SMILES string of the molecule is CN=C1NC(C)(C)C=C(C)N1c1ccccc1. The van der Waals surface area contributed by atoms with Gasteiger partial charge in [0.1, 0.15) is 0 Å². The van der Waals surface area contributed by atoms with Crippen LogP contribution >= 0.6 is 0 Å². The third-order valence-electron chi connectivity index (χ3n) is 2.79. The monoisotopic (exact) mass is 229 g/mol. The summed E-state index contributed by atoms with van der Waals surface area (Å²) in [6, 6.07) is 10.3. The van der Waals surface area contributed by atoms with Crippen LogP contribution in [0.25, 0.3) is 0 Å². The first-order valence-corrected chi connectivity index (χ1v) is 5.83. The lowest BCUT2D eigenvalue weighted by atomic mass is 10.0. The van der Waals surface area contributed by atoms with E-state index in [0.29, 0.717) is 0 Å². The molecule has 90 valence electrons. The van der Waals surface area contributed by atoms with E-state index in [1.807, 2.05) is 25.2 Å². The van der Waals surface area contributed by atoms with Crippen molar-refractivity contribution < 1.29 is 0 Å². The van der Waals surface area contributed by atoms with Crippen LogP contribution in [0.5, 0.6) is 0 Å². The number of para-hydroxylation sites is 1. The number of anilines is 1. The van der Waals surface area contributed by atoms with Crippen LogP contribution in [-0.4, -0.2) is 18.5 Å². The Balaban J connectivity index is 2.46. The van der Waals surface area contributed by atoms with Crippen molar-refractivity contribution >= 4 is 11.6 Å². The number of hydrogen-bond donors (Lipinski definition) is 1. The van der Waals surface area contributed by atoms with Gasteiger partial charge >= 0.3 is 0 Å². The molecule has 0 spiro atoms. The summed E-state index contributed by atoms with van der Waals surface area (Å²) in [7, 11) is 1.81. The van der Waals surface area contributed by atoms with Gasteiger partial charge in [0.25, 0.3) is 0 Å². The van der Waals surface area contributed by atoms with Gasteiger partial charge in [-0.1, -0.05) is 18.2 Å². The van der Waals surface area contributed by atoms with E-state index in [1.165, 1.54) is 5.70 Å². The van der Waals surface area contributed by atoms with Gasteiger partial charge in [-0.15, -0.1) is 0 Å². The largest absolute Gasteiger partial charge is 0.347 e. The van der Waals surface area contributed by atoms with Gasteiger partial charge in [-0.2, -0.15) is 0 Å². The minimum atomic E-state index is -0.0514. The summed E-state index contributed by atoms with van der Waals surface area (Å²) in [5.74, 6) is 0.890. The lowest BCUT2D eigenvalue weighted by Gasteiger charge is -2.38. The molecule has 0 amide bonds. The van der Waals surface area contributed by atoms with E-state index in [9.17, 15) is 0 Å². The zero-order valence-electron chi connectivity index (χ0n) is 10.9. The highest BCUT2D eigenvalue weighted by Gasteiger charge is 2.27. The Morgan fingerprint density at radius 3 is 2.41 bits per heavy atom. The summed E-state index contributed by atoms with van der Waals surface area (Å²) in [6.45, 7) is 6.40. The first-order valence-electron chi connectivity index (χ1n) is 5.83. The number of hydrogen-bond acceptors (Lipinski definition) is 1. The number of allylic oxidation sites excluding steroid dienone is 1. The number of benzene rings is 1. The van der Waals surface area contributed by atoms with Crippen LogP contribution in [0.15, 0.2) is 47.1 Å². The summed E-state index contributed by atoms with van der Waals surface area (Å²) in [4.78, 5) is 6.47. The Labute approximate surface area is 103 Å². The average molecular weight is 229 g/mol. The molecule has 0 atom stereocenters. The molecule has 1 heterocycles. The molecular formula is C14H19N3. The maximum Gasteiger partial charge on any atom is 0.203 e. The molecule has 0 unspecified atom stereocenters. The van der Waals surface area contributed by atoms with Gasteiger partial charge in [-0.3, -0.25) is 9.89 Å². The Morgan fingerprint density at radius 2 is 1.82 bits per heavy atom. The zero-order valence-corrected chi connectivity index (χ0v) is 10.9. The molecule has 2 rings (SSSR count). The Hall–Kier alpha value is -1.77. The number of nitrogens with one attached hydrogen (secondary N) is 1. The number of nitrogens with zero attached hydrogens (tertiary/aromatic N) is 2. The number of aliphatic imine (C=N–C) groups is 1. The summed E-state index contributed by atoms with van der Waals surface area (Å²) in [6.07, 6.45) is 2.22. The molecule has 1 aromatic rings. The quantitative estimate of drug-likeness (QED) is 0.802. The number of guanidine groups is 1. The Morgan fingerprint density at radius 1 is 1.18 bits per heavy atom. The molecule has 0 saturated carbocycles. The molecule has 1 aliphatic rings. The fourth-order valence-electron chi connectivity index (χ4n) is 2.19. The van der Waals surface area contributed by atoms with Crippen molar-refractivity contribution in [3.63, 3.8) is 0 Å². The second-order valence-electron chi connectivity index (χ2n) is 4.85. The standard InChI is InChI=1S/C14H19N3/c1-11-10-14(2,3)16-13(15-4)17(11)12-8-6-5-7-9-12/h5-10H,1-4H3,(H,15,16). The van der Waals surface area contributed by atoms with Crippen LogP contribution in [-0.2, 0) is 0 Å². The van der Waals surface area contributed by atoms with Gasteiger partial charge in [0.2, 0.25) is 5.96 Å². The van der Waals surface area contributed by atoms with Crippen molar-refractivity contribution in [2.24, 2.45) is 4.99 Å². The van der Waals surface area contributed by atoms with Crippen molar-refractivity contribution in [3.05, 3.63) is 42.1 Å². The minimum absolute atomic E-state index is 0.0514. The summed E-state index contributed by atoms with van der Waals surface area (Å²) in [5, 5.41) is 3.42. The first-order chi connectivity index (χ1) is 8.03. The first kappa shape index (κ1) is 11.7. The van der Waals surface area contributed by atoms with E-state index in [2.05, 4.69) is 54.2 Å². The minimum Gasteiger partial charge on any atom is -0.347 e. The maximum absolute atomic E-state index is 4.34. The van der Waals surface area contributed by atoms with Gasteiger partial charge in [-0.05, 0) is 39.0 Å². The second kappa shape index (κ2) is 4.24. The molecule has 0 aliphatic carbocycles. The molecule has 1 N–H and O–H groups in total. The van der Waals surface area contributed by atoms with Crippen LogP contribution in [0.4, 0.5) is 5.69 Å². The van der Waals surface area contributed by atoms with Crippen LogP contribution < -0.4 is 10.2 Å². The molecular weight excluding hydrogens is 210 g/mol. The highest BCUT2D eigenvalue weighted by atomic mass is 15.3. The molecule has 0 aromatic heterocycles. The predicted octanol–water partition coefficient (Wildman–Crippen LogP) is 2.76. The molecule has 1 aliphatic heterocycles. The highest BCUT2D eigenvalue weighted by Crippen LogP contribution is 2.25. The summed E-state index contributed by atoms with van der Waals surface area (Å²) >= 11 is 0. The fraction of sp³-hybridized carbons (Fsp3) is 0.357. The molecule has 0 radical (unpaired) electrons. The van der Waals surface area contributed by atoms with E-state index in [0.717, 1.165) is 11.6 Å². The van der Waals surface area contributed by atoms with Crippen LogP contribution in [0.2, 0.25) is 0 Å². The van der Waals surface area contributed by atoms with Crippen LogP contribution in [0.1, 0.15) is 20.8 Å². The van der Waals surface area contributed by atoms with Crippen molar-refractivity contribution in [2.75, 3.05) is 11.9 Å². The Bertz CT molecular complexity index is 458. The van der Waals surface area contributed by atoms with Crippen molar-refractivity contribution in [3.8, 4) is 0 Å². The molecule has 3 heteroatoms. The average Bonchev–Trinajstić information content (AvgIpc) is 2.28. The number of rotatable bonds is 1. The van der Waals surface area contributed by atoms with E-state index in [4.69, 9.17) is 0 Å². The van der Waals surface area contributed by atoms with E-state index < -0.39 is 0 Å². The van der Waals surface area contributed by atoms with Crippen molar-refractivity contribution in [1.82, 2.24) is 5.32 Å². The van der Waals surface area contributed by atoms with Gasteiger partial charge < -0.3 is 5.32 Å². The lowest BCUT2D eigenvalue weighted by molar-refractivity contribution is 0.553. The van der Waals surface area contributed by atoms with Crippen molar-refractivity contribution in [2.45, 2.75) is 26.3 Å². The molecule has 0 bridgehead atoms. The third-order valence-corrected chi connectivity index (χ3v) is 2.79. The van der Waals surface area contributed by atoms with Gasteiger partial charge in [0, 0.05) is 18.4 Å². The second-order valence-corrected chi connectivity index (χ2v) is 4.85. The molecule has 0 saturated heterocycles. The van der Waals surface area contributed by atoms with Gasteiger partial charge in [0.15, 0.2) is 0 Å². The Kier molecular flexibility index (Phi) is 2.92. The van der Waals surface area contributed by atoms with Gasteiger partial charge in [0.05, 0.1) is 5.54 Å². The lowest BCUT2D eigenvalue weighted by Crippen LogP contribution is -2.54. The van der Waals surface area contributed by atoms with Crippen molar-refractivity contribution in [1.29, 1.82) is 0 Å². The molecule has 0 fully saturated rings. The highest BCUT2D eigenvalue weighted by molar-refractivity contribution is 6.00. The molecule has 17 heavy (non-hydrogen) atoms. The van der Waals surface area contributed by atoms with E-state index in [-0.39, 0.29) is 5.54 Å². The van der Waals surface area contributed by atoms with Gasteiger partial charge in [-0.25, -0.2) is 0 Å². The topological polar surface area (TPSA) is 27.6 Å². The third kappa shape index (κ3) is 2.33. The molecule has 1 aromatic carbocycles. The van der Waals surface area contributed by atoms with E-state index >= 15 is 0 Å². The predicted molar refractivity (Wildman–Crippen MR) is 73.3 cm³/mol. The smallest absolute Gasteiger partial charge is 0.203 e. The van der Waals surface area contributed by atoms with Crippen LogP contribution in [0, 0.1) is 0 Å². The molecule has 3 nitrogen and oxygen atoms in total. The summed E-state index contributed by atoms with van der Waals surface area (Å²) < 4.78 is 0. The normalized spacial score (nSPS) is 21.1. The maximum atomic E-state index is 4.34.